The molecule has 0 heterocycles. The molecule has 0 aliphatic heterocycles. The molecule has 0 aliphatic rings. The Morgan fingerprint density at radius 3 is 2.50 bits per heavy atom. The van der Waals surface area contributed by atoms with E-state index in [-0.39, 0.29) is 6.10 Å². The van der Waals surface area contributed by atoms with Crippen molar-refractivity contribution in [3.05, 3.63) is 24.8 Å². The zero-order valence-corrected chi connectivity index (χ0v) is 6.75. The summed E-state index contributed by atoms with van der Waals surface area (Å²) in [6.45, 7) is 7.69. The molecule has 0 rings (SSSR count). The lowest BCUT2D eigenvalue weighted by Gasteiger charge is -2.06. The molecule has 0 aliphatic carbocycles. The van der Waals surface area contributed by atoms with E-state index in [0.29, 0.717) is 5.92 Å². The summed E-state index contributed by atoms with van der Waals surface area (Å²) in [5.41, 5.74) is 0. The van der Waals surface area contributed by atoms with Crippen molar-refractivity contribution in [3.8, 4) is 0 Å². The molecule has 0 aromatic rings. The SMILES string of the molecule is C=CC=CC(O)CC(C)C. The lowest BCUT2D eigenvalue weighted by molar-refractivity contribution is 0.195. The number of aliphatic hydroxyl groups is 1. The van der Waals surface area contributed by atoms with Crippen LogP contribution in [0.25, 0.3) is 0 Å². The summed E-state index contributed by atoms with van der Waals surface area (Å²) < 4.78 is 0. The monoisotopic (exact) mass is 140 g/mol. The highest BCUT2D eigenvalue weighted by Gasteiger charge is 2.00. The molecule has 0 bridgehead atoms. The van der Waals surface area contributed by atoms with Crippen LogP contribution in [0, 0.1) is 5.92 Å². The van der Waals surface area contributed by atoms with Crippen LogP contribution in [0.1, 0.15) is 20.3 Å². The van der Waals surface area contributed by atoms with E-state index in [1.54, 1.807) is 18.2 Å². The second-order valence-corrected chi connectivity index (χ2v) is 2.82. The first-order valence-corrected chi connectivity index (χ1v) is 3.64. The van der Waals surface area contributed by atoms with Crippen molar-refractivity contribution in [1.82, 2.24) is 0 Å². The number of hydrogen-bond acceptors (Lipinski definition) is 1. The second kappa shape index (κ2) is 5.24. The largest absolute Gasteiger partial charge is 0.389 e. The summed E-state index contributed by atoms with van der Waals surface area (Å²) in [6.07, 6.45) is 5.71. The Morgan fingerprint density at radius 1 is 1.50 bits per heavy atom. The zero-order valence-electron chi connectivity index (χ0n) is 6.75. The molecule has 1 atom stereocenters. The molecule has 0 aromatic carbocycles. The van der Waals surface area contributed by atoms with Crippen molar-refractivity contribution in [1.29, 1.82) is 0 Å². The van der Waals surface area contributed by atoms with Gasteiger partial charge in [0.25, 0.3) is 0 Å². The maximum absolute atomic E-state index is 9.22. The summed E-state index contributed by atoms with van der Waals surface area (Å²) in [5, 5.41) is 9.22. The van der Waals surface area contributed by atoms with Crippen LogP contribution in [0.4, 0.5) is 0 Å². The third-order valence-electron chi connectivity index (χ3n) is 1.18. The molecule has 10 heavy (non-hydrogen) atoms. The minimum absolute atomic E-state index is 0.307. The second-order valence-electron chi connectivity index (χ2n) is 2.82. The molecular formula is C9H16O. The van der Waals surface area contributed by atoms with E-state index in [1.807, 2.05) is 0 Å². The third kappa shape index (κ3) is 5.57. The molecule has 1 nitrogen and oxygen atoms in total. The van der Waals surface area contributed by atoms with Gasteiger partial charge in [-0.3, -0.25) is 0 Å². The highest BCUT2D eigenvalue weighted by molar-refractivity contribution is 5.00. The minimum atomic E-state index is -0.307. The van der Waals surface area contributed by atoms with E-state index < -0.39 is 0 Å². The highest BCUT2D eigenvalue weighted by Crippen LogP contribution is 2.04. The molecule has 1 unspecified atom stereocenters. The van der Waals surface area contributed by atoms with E-state index in [4.69, 9.17) is 0 Å². The summed E-state index contributed by atoms with van der Waals surface area (Å²) in [5.74, 6) is 0.546. The van der Waals surface area contributed by atoms with Gasteiger partial charge in [0, 0.05) is 0 Å². The fourth-order valence-electron chi connectivity index (χ4n) is 0.768. The van der Waals surface area contributed by atoms with E-state index in [0.717, 1.165) is 6.42 Å². The molecule has 0 amide bonds. The van der Waals surface area contributed by atoms with Crippen LogP contribution in [0.2, 0.25) is 0 Å². The van der Waals surface area contributed by atoms with Gasteiger partial charge in [-0.05, 0) is 12.3 Å². The fourth-order valence-corrected chi connectivity index (χ4v) is 0.768. The fraction of sp³-hybridized carbons (Fsp3) is 0.556. The van der Waals surface area contributed by atoms with Gasteiger partial charge in [0.2, 0.25) is 0 Å². The van der Waals surface area contributed by atoms with Crippen molar-refractivity contribution in [3.63, 3.8) is 0 Å². The molecule has 0 fully saturated rings. The molecule has 0 radical (unpaired) electrons. The van der Waals surface area contributed by atoms with Gasteiger partial charge >= 0.3 is 0 Å². The van der Waals surface area contributed by atoms with Gasteiger partial charge in [-0.1, -0.05) is 38.7 Å². The predicted octanol–water partition coefficient (Wildman–Crippen LogP) is 2.14. The molecule has 58 valence electrons. The van der Waals surface area contributed by atoms with Crippen molar-refractivity contribution < 1.29 is 5.11 Å². The smallest absolute Gasteiger partial charge is 0.0726 e. The Labute approximate surface area is 63.1 Å². The van der Waals surface area contributed by atoms with Gasteiger partial charge in [0.15, 0.2) is 0 Å². The maximum Gasteiger partial charge on any atom is 0.0726 e. The van der Waals surface area contributed by atoms with Crippen molar-refractivity contribution in [2.24, 2.45) is 5.92 Å². The highest BCUT2D eigenvalue weighted by atomic mass is 16.3. The van der Waals surface area contributed by atoms with Crippen LogP contribution in [0.15, 0.2) is 24.8 Å². The Bertz CT molecular complexity index is 114. The van der Waals surface area contributed by atoms with Gasteiger partial charge in [-0.15, -0.1) is 0 Å². The standard InChI is InChI=1S/C9H16O/c1-4-5-6-9(10)7-8(2)3/h4-6,8-10H,1,7H2,2-3H3. The Hall–Kier alpha value is -0.560. The van der Waals surface area contributed by atoms with Crippen LogP contribution in [0.3, 0.4) is 0 Å². The Morgan fingerprint density at radius 2 is 2.10 bits per heavy atom. The molecule has 0 saturated carbocycles. The molecule has 1 N–H and O–H groups in total. The van der Waals surface area contributed by atoms with Crippen LogP contribution in [-0.2, 0) is 0 Å². The third-order valence-corrected chi connectivity index (χ3v) is 1.18. The van der Waals surface area contributed by atoms with Gasteiger partial charge < -0.3 is 5.11 Å². The lowest BCUT2D eigenvalue weighted by atomic mass is 10.1. The van der Waals surface area contributed by atoms with Crippen LogP contribution >= 0.6 is 0 Å². The first-order chi connectivity index (χ1) is 4.66. The summed E-state index contributed by atoms with van der Waals surface area (Å²) in [6, 6.07) is 0. The summed E-state index contributed by atoms with van der Waals surface area (Å²) in [4.78, 5) is 0. The lowest BCUT2D eigenvalue weighted by Crippen LogP contribution is -2.05. The average molecular weight is 140 g/mol. The Balaban J connectivity index is 3.52. The number of hydrogen-bond donors (Lipinski definition) is 1. The normalized spacial score (nSPS) is 14.4. The minimum Gasteiger partial charge on any atom is -0.389 e. The van der Waals surface area contributed by atoms with E-state index >= 15 is 0 Å². The molecule has 1 heteroatoms. The Kier molecular flexibility index (Phi) is 4.95. The van der Waals surface area contributed by atoms with E-state index in [9.17, 15) is 5.11 Å². The molecule has 0 aromatic heterocycles. The van der Waals surface area contributed by atoms with Crippen LogP contribution < -0.4 is 0 Å². The molecule has 0 saturated heterocycles. The summed E-state index contributed by atoms with van der Waals surface area (Å²) in [7, 11) is 0. The van der Waals surface area contributed by atoms with Gasteiger partial charge in [0.05, 0.1) is 6.10 Å². The summed E-state index contributed by atoms with van der Waals surface area (Å²) >= 11 is 0. The van der Waals surface area contributed by atoms with Gasteiger partial charge in [-0.2, -0.15) is 0 Å². The number of allylic oxidation sites excluding steroid dienone is 2. The quantitative estimate of drug-likeness (QED) is 0.593. The zero-order chi connectivity index (χ0) is 7.98. The average Bonchev–Trinajstić information content (AvgIpc) is 1.82. The predicted molar refractivity (Wildman–Crippen MR) is 44.8 cm³/mol. The van der Waals surface area contributed by atoms with Crippen molar-refractivity contribution in [2.45, 2.75) is 26.4 Å². The maximum atomic E-state index is 9.22. The molecule has 0 spiro atoms. The van der Waals surface area contributed by atoms with E-state index in [1.165, 1.54) is 0 Å². The first-order valence-electron chi connectivity index (χ1n) is 3.64. The number of aliphatic hydroxyl groups excluding tert-OH is 1. The van der Waals surface area contributed by atoms with Crippen molar-refractivity contribution in [2.75, 3.05) is 0 Å². The number of rotatable bonds is 4. The topological polar surface area (TPSA) is 20.2 Å². The first kappa shape index (κ1) is 9.44. The van der Waals surface area contributed by atoms with Crippen molar-refractivity contribution >= 4 is 0 Å². The van der Waals surface area contributed by atoms with E-state index in [2.05, 4.69) is 20.4 Å². The molecular weight excluding hydrogens is 124 g/mol. The van der Waals surface area contributed by atoms with Gasteiger partial charge in [0.1, 0.15) is 0 Å². The van der Waals surface area contributed by atoms with Crippen LogP contribution in [-0.4, -0.2) is 11.2 Å². The van der Waals surface area contributed by atoms with Crippen LogP contribution in [0.5, 0.6) is 0 Å². The van der Waals surface area contributed by atoms with Gasteiger partial charge in [-0.25, -0.2) is 0 Å².